The first-order valence-electron chi connectivity index (χ1n) is 9.51. The van der Waals surface area contributed by atoms with Crippen molar-refractivity contribution >= 4 is 28.2 Å². The van der Waals surface area contributed by atoms with Crippen LogP contribution in [0.3, 0.4) is 0 Å². The normalized spacial score (nSPS) is 15.3. The molecule has 4 rings (SSSR count). The van der Waals surface area contributed by atoms with Gasteiger partial charge in [0.15, 0.2) is 5.71 Å². The number of methoxy groups -OCH3 is 2. The van der Waals surface area contributed by atoms with Crippen LogP contribution < -0.4 is 9.47 Å². The van der Waals surface area contributed by atoms with E-state index in [9.17, 15) is 0 Å². The molecule has 0 saturated carbocycles. The maximum Gasteiger partial charge on any atom is 0.210 e. The quantitative estimate of drug-likeness (QED) is 0.558. The van der Waals surface area contributed by atoms with Crippen LogP contribution in [0.5, 0.6) is 11.5 Å². The standard InChI is InChI=1S/C25H26NO2/c1-25(2)23(15-12-18-10-13-19(27-4)16-22(18)28-5)26(3)21-14-11-17-8-6-7-9-20(17)24(21)25/h6-16H,1-5H3/q+1/b15-12+. The SMILES string of the molecule is COc1ccc(/C=C/C2=[N+](C)c3ccc4ccccc4c3C2(C)C)c(OC)c1. The highest BCUT2D eigenvalue weighted by Gasteiger charge is 2.44. The summed E-state index contributed by atoms with van der Waals surface area (Å²) in [6.07, 6.45) is 4.33. The zero-order chi connectivity index (χ0) is 19.9. The fourth-order valence-electron chi connectivity index (χ4n) is 4.32. The number of rotatable bonds is 4. The molecule has 0 aromatic heterocycles. The summed E-state index contributed by atoms with van der Waals surface area (Å²) in [5.41, 5.74) is 4.85. The summed E-state index contributed by atoms with van der Waals surface area (Å²) in [4.78, 5) is 0. The van der Waals surface area contributed by atoms with Crippen molar-refractivity contribution in [2.75, 3.05) is 21.3 Å². The Kier molecular flexibility index (Phi) is 4.46. The van der Waals surface area contributed by atoms with Crippen LogP contribution in [-0.2, 0) is 5.41 Å². The van der Waals surface area contributed by atoms with E-state index in [0.717, 1.165) is 17.1 Å². The minimum absolute atomic E-state index is 0.0961. The summed E-state index contributed by atoms with van der Waals surface area (Å²) in [5, 5.41) is 2.60. The van der Waals surface area contributed by atoms with Crippen molar-refractivity contribution in [3.8, 4) is 11.5 Å². The molecule has 3 aromatic rings. The van der Waals surface area contributed by atoms with E-state index >= 15 is 0 Å². The molecule has 0 fully saturated rings. The lowest BCUT2D eigenvalue weighted by atomic mass is 9.79. The molecular weight excluding hydrogens is 346 g/mol. The average Bonchev–Trinajstić information content (AvgIpc) is 2.91. The molecule has 1 aliphatic rings. The number of nitrogens with zero attached hydrogens (tertiary/aromatic N) is 1. The van der Waals surface area contributed by atoms with Gasteiger partial charge in [-0.3, -0.25) is 0 Å². The van der Waals surface area contributed by atoms with Crippen LogP contribution >= 0.6 is 0 Å². The van der Waals surface area contributed by atoms with Crippen molar-refractivity contribution in [3.05, 3.63) is 71.8 Å². The van der Waals surface area contributed by atoms with Crippen LogP contribution in [0.25, 0.3) is 16.8 Å². The van der Waals surface area contributed by atoms with E-state index in [1.165, 1.54) is 27.7 Å². The van der Waals surface area contributed by atoms with Crippen LogP contribution in [0.2, 0.25) is 0 Å². The number of hydrogen-bond acceptors (Lipinski definition) is 2. The Bertz CT molecular complexity index is 1120. The number of benzene rings is 3. The molecule has 28 heavy (non-hydrogen) atoms. The second-order valence-corrected chi connectivity index (χ2v) is 7.69. The lowest BCUT2D eigenvalue weighted by Crippen LogP contribution is -2.26. The second kappa shape index (κ2) is 6.83. The van der Waals surface area contributed by atoms with Gasteiger partial charge in [-0.25, -0.2) is 0 Å². The number of ether oxygens (including phenoxy) is 2. The van der Waals surface area contributed by atoms with Gasteiger partial charge < -0.3 is 9.47 Å². The smallest absolute Gasteiger partial charge is 0.210 e. The van der Waals surface area contributed by atoms with Gasteiger partial charge in [-0.15, -0.1) is 0 Å². The molecule has 0 unspecified atom stereocenters. The Labute approximate surface area is 166 Å². The number of hydrogen-bond donors (Lipinski definition) is 0. The molecule has 0 saturated heterocycles. The van der Waals surface area contributed by atoms with Gasteiger partial charge in [-0.1, -0.05) is 24.3 Å². The van der Waals surface area contributed by atoms with Gasteiger partial charge >= 0.3 is 0 Å². The molecule has 0 amide bonds. The van der Waals surface area contributed by atoms with Gasteiger partial charge in [-0.2, -0.15) is 4.58 Å². The van der Waals surface area contributed by atoms with Crippen LogP contribution in [0, 0.1) is 0 Å². The first-order valence-corrected chi connectivity index (χ1v) is 9.51. The molecule has 0 aliphatic carbocycles. The molecule has 3 aromatic carbocycles. The third-order valence-electron chi connectivity index (χ3n) is 5.76. The Morgan fingerprint density at radius 1 is 0.893 bits per heavy atom. The maximum atomic E-state index is 5.55. The summed E-state index contributed by atoms with van der Waals surface area (Å²) in [5.74, 6) is 1.59. The lowest BCUT2D eigenvalue weighted by molar-refractivity contribution is -0.401. The fraction of sp³-hybridized carbons (Fsp3) is 0.240. The molecule has 3 nitrogen and oxygen atoms in total. The Balaban J connectivity index is 1.80. The van der Waals surface area contributed by atoms with Crippen LogP contribution in [0.1, 0.15) is 25.0 Å². The maximum absolute atomic E-state index is 5.55. The number of allylic oxidation sites excluding steroid dienone is 1. The summed E-state index contributed by atoms with van der Waals surface area (Å²) in [7, 11) is 5.50. The zero-order valence-electron chi connectivity index (χ0n) is 17.1. The van der Waals surface area contributed by atoms with E-state index in [1.54, 1.807) is 14.2 Å². The monoisotopic (exact) mass is 372 g/mol. The molecule has 3 heteroatoms. The van der Waals surface area contributed by atoms with Gasteiger partial charge in [-0.05, 0) is 48.9 Å². The topological polar surface area (TPSA) is 21.5 Å². The predicted molar refractivity (Wildman–Crippen MR) is 116 cm³/mol. The van der Waals surface area contributed by atoms with Crippen molar-refractivity contribution < 1.29 is 14.0 Å². The zero-order valence-corrected chi connectivity index (χ0v) is 17.1. The van der Waals surface area contributed by atoms with Crippen LogP contribution in [-0.4, -0.2) is 31.6 Å². The third kappa shape index (κ3) is 2.78. The van der Waals surface area contributed by atoms with E-state index in [0.29, 0.717) is 0 Å². The fourth-order valence-corrected chi connectivity index (χ4v) is 4.32. The lowest BCUT2D eigenvalue weighted by Gasteiger charge is -2.17. The van der Waals surface area contributed by atoms with E-state index in [4.69, 9.17) is 9.47 Å². The van der Waals surface area contributed by atoms with Crippen molar-refractivity contribution in [1.29, 1.82) is 0 Å². The molecule has 0 atom stereocenters. The molecule has 0 spiro atoms. The van der Waals surface area contributed by atoms with E-state index in [-0.39, 0.29) is 5.41 Å². The molecule has 1 aliphatic heterocycles. The van der Waals surface area contributed by atoms with Gasteiger partial charge in [0, 0.05) is 29.3 Å². The number of fused-ring (bicyclic) bond motifs is 3. The highest BCUT2D eigenvalue weighted by atomic mass is 16.5. The van der Waals surface area contributed by atoms with Gasteiger partial charge in [0.25, 0.3) is 0 Å². The minimum Gasteiger partial charge on any atom is -0.497 e. The third-order valence-corrected chi connectivity index (χ3v) is 5.76. The van der Waals surface area contributed by atoms with E-state index < -0.39 is 0 Å². The van der Waals surface area contributed by atoms with Crippen molar-refractivity contribution in [2.45, 2.75) is 19.3 Å². The van der Waals surface area contributed by atoms with E-state index in [2.05, 4.69) is 74.0 Å². The van der Waals surface area contributed by atoms with Gasteiger partial charge in [0.05, 0.1) is 19.6 Å². The van der Waals surface area contributed by atoms with Crippen molar-refractivity contribution in [1.82, 2.24) is 0 Å². The summed E-state index contributed by atoms with van der Waals surface area (Å²) < 4.78 is 13.2. The molecule has 142 valence electrons. The van der Waals surface area contributed by atoms with Gasteiger partial charge in [0.2, 0.25) is 5.69 Å². The molecule has 1 heterocycles. The average molecular weight is 372 g/mol. The van der Waals surface area contributed by atoms with Gasteiger partial charge in [0.1, 0.15) is 18.5 Å². The summed E-state index contributed by atoms with van der Waals surface area (Å²) in [6, 6.07) is 19.0. The molecule has 0 radical (unpaired) electrons. The van der Waals surface area contributed by atoms with Crippen LogP contribution in [0.15, 0.2) is 60.7 Å². The van der Waals surface area contributed by atoms with Crippen molar-refractivity contribution in [3.63, 3.8) is 0 Å². The Morgan fingerprint density at radius 3 is 2.43 bits per heavy atom. The molecule has 0 bridgehead atoms. The highest BCUT2D eigenvalue weighted by molar-refractivity contribution is 6.09. The molecule has 0 N–H and O–H groups in total. The van der Waals surface area contributed by atoms with Crippen LogP contribution in [0.4, 0.5) is 5.69 Å². The van der Waals surface area contributed by atoms with E-state index in [1.807, 2.05) is 18.2 Å². The van der Waals surface area contributed by atoms with Crippen molar-refractivity contribution in [2.24, 2.45) is 0 Å². The first-order chi connectivity index (χ1) is 13.5. The summed E-state index contributed by atoms with van der Waals surface area (Å²) >= 11 is 0. The Hall–Kier alpha value is -3.07. The predicted octanol–water partition coefficient (Wildman–Crippen LogP) is 5.58. The Morgan fingerprint density at radius 2 is 1.68 bits per heavy atom. The first kappa shape index (κ1) is 18.3. The minimum atomic E-state index is -0.0961. The summed E-state index contributed by atoms with van der Waals surface area (Å²) in [6.45, 7) is 4.60. The second-order valence-electron chi connectivity index (χ2n) is 7.69. The highest BCUT2D eigenvalue weighted by Crippen LogP contribution is 2.43. The molecular formula is C25H26NO2+. The largest absolute Gasteiger partial charge is 0.497 e.